The van der Waals surface area contributed by atoms with Gasteiger partial charge in [-0.25, -0.2) is 17.6 Å². The van der Waals surface area contributed by atoms with E-state index < -0.39 is 34.3 Å². The molecule has 1 amide bonds. The van der Waals surface area contributed by atoms with Gasteiger partial charge in [0.2, 0.25) is 15.9 Å². The smallest absolute Gasteiger partial charge is 0.338 e. The number of anilines is 1. The largest absolute Gasteiger partial charge is 0.495 e. The summed E-state index contributed by atoms with van der Waals surface area (Å²) in [6.45, 7) is 1.42. The number of carbonyl (C=O) groups excluding carboxylic acids is 2. The first-order valence-electron chi connectivity index (χ1n) is 8.56. The van der Waals surface area contributed by atoms with Gasteiger partial charge in [0.1, 0.15) is 16.5 Å². The maximum absolute atomic E-state index is 13.5. The maximum Gasteiger partial charge on any atom is 0.338 e. The van der Waals surface area contributed by atoms with Gasteiger partial charge in [0.25, 0.3) is 0 Å². The van der Waals surface area contributed by atoms with Gasteiger partial charge in [-0.15, -0.1) is 0 Å². The highest BCUT2D eigenvalue weighted by molar-refractivity contribution is 7.89. The highest BCUT2D eigenvalue weighted by Crippen LogP contribution is 2.26. The molecule has 10 heteroatoms. The van der Waals surface area contributed by atoms with Crippen molar-refractivity contribution in [2.45, 2.75) is 11.8 Å². The molecule has 8 nitrogen and oxygen atoms in total. The summed E-state index contributed by atoms with van der Waals surface area (Å²) in [6, 6.07) is 9.04. The number of hydrogen-bond donors (Lipinski definition) is 1. The summed E-state index contributed by atoms with van der Waals surface area (Å²) in [5.41, 5.74) is 0.694. The van der Waals surface area contributed by atoms with Crippen LogP contribution in [0.1, 0.15) is 17.3 Å². The Morgan fingerprint density at radius 2 is 1.79 bits per heavy atom. The Balaban J connectivity index is 2.08. The van der Waals surface area contributed by atoms with E-state index in [-0.39, 0.29) is 17.3 Å². The Kier molecular flexibility index (Phi) is 7.29. The summed E-state index contributed by atoms with van der Waals surface area (Å²) in [6.07, 6.45) is 0. The van der Waals surface area contributed by atoms with Crippen molar-refractivity contribution >= 4 is 27.6 Å². The van der Waals surface area contributed by atoms with Gasteiger partial charge in [-0.05, 0) is 49.4 Å². The summed E-state index contributed by atoms with van der Waals surface area (Å²) < 4.78 is 49.5. The van der Waals surface area contributed by atoms with Gasteiger partial charge in [0.05, 0.1) is 25.8 Å². The lowest BCUT2D eigenvalue weighted by molar-refractivity contribution is -0.116. The average molecular weight is 424 g/mol. The zero-order valence-electron chi connectivity index (χ0n) is 16.1. The molecule has 1 N–H and O–H groups in total. The molecule has 2 rings (SSSR count). The second-order valence-electron chi connectivity index (χ2n) is 5.90. The maximum atomic E-state index is 13.5. The number of nitrogens with one attached hydrogen (secondary N) is 1. The van der Waals surface area contributed by atoms with E-state index in [2.05, 4.69) is 5.32 Å². The second kappa shape index (κ2) is 9.48. The number of carbonyl (C=O) groups is 2. The molecule has 0 saturated heterocycles. The van der Waals surface area contributed by atoms with Crippen LogP contribution in [-0.4, -0.2) is 51.9 Å². The van der Waals surface area contributed by atoms with Gasteiger partial charge in [-0.3, -0.25) is 4.79 Å². The Hall–Kier alpha value is -2.98. The normalized spacial score (nSPS) is 11.2. The Labute approximate surface area is 168 Å². The minimum absolute atomic E-state index is 0.0341. The van der Waals surface area contributed by atoms with Crippen LogP contribution in [0.5, 0.6) is 5.75 Å². The average Bonchev–Trinajstić information content (AvgIpc) is 2.68. The van der Waals surface area contributed by atoms with E-state index in [1.807, 2.05) is 0 Å². The lowest BCUT2D eigenvalue weighted by Gasteiger charge is -2.18. The fourth-order valence-corrected chi connectivity index (χ4v) is 3.70. The van der Waals surface area contributed by atoms with Crippen molar-refractivity contribution in [1.82, 2.24) is 4.31 Å². The predicted molar refractivity (Wildman–Crippen MR) is 104 cm³/mol. The van der Waals surface area contributed by atoms with Crippen LogP contribution >= 0.6 is 0 Å². The second-order valence-corrected chi connectivity index (χ2v) is 7.92. The van der Waals surface area contributed by atoms with Crippen LogP contribution in [0.25, 0.3) is 0 Å². The number of ether oxygens (including phenoxy) is 2. The molecule has 2 aromatic carbocycles. The summed E-state index contributed by atoms with van der Waals surface area (Å²) >= 11 is 0. The first kappa shape index (κ1) is 22.3. The fourth-order valence-electron chi connectivity index (χ4n) is 2.41. The third kappa shape index (κ3) is 5.52. The van der Waals surface area contributed by atoms with Crippen LogP contribution in [-0.2, 0) is 19.6 Å². The number of methoxy groups -OCH3 is 1. The van der Waals surface area contributed by atoms with Crippen molar-refractivity contribution < 1.29 is 31.9 Å². The molecule has 0 aromatic heterocycles. The number of amides is 1. The van der Waals surface area contributed by atoms with Crippen LogP contribution < -0.4 is 10.1 Å². The van der Waals surface area contributed by atoms with E-state index in [1.165, 1.54) is 44.5 Å². The molecule has 0 fully saturated rings. The highest BCUT2D eigenvalue weighted by atomic mass is 32.2. The molecule has 0 spiro atoms. The van der Waals surface area contributed by atoms with Crippen molar-refractivity contribution in [2.24, 2.45) is 0 Å². The van der Waals surface area contributed by atoms with Crippen molar-refractivity contribution in [2.75, 3.05) is 32.6 Å². The summed E-state index contributed by atoms with van der Waals surface area (Å²) in [7, 11) is -1.71. The first-order valence-corrected chi connectivity index (χ1v) is 10.00. The Morgan fingerprint density at radius 1 is 1.14 bits per heavy atom. The van der Waals surface area contributed by atoms with E-state index in [9.17, 15) is 22.4 Å². The molecule has 0 aliphatic carbocycles. The zero-order valence-corrected chi connectivity index (χ0v) is 17.0. The third-order valence-electron chi connectivity index (χ3n) is 3.86. The fraction of sp³-hybridized carbons (Fsp3) is 0.263. The molecule has 29 heavy (non-hydrogen) atoms. The minimum atomic E-state index is -4.17. The van der Waals surface area contributed by atoms with E-state index in [0.29, 0.717) is 11.3 Å². The topological polar surface area (TPSA) is 102 Å². The molecule has 0 atom stereocenters. The SMILES string of the molecule is CCOC(=O)c1ccc(NC(=O)CN(C)S(=O)(=O)c2cc(F)ccc2OC)cc1. The molecule has 0 saturated carbocycles. The molecule has 0 unspecified atom stereocenters. The van der Waals surface area contributed by atoms with E-state index >= 15 is 0 Å². The van der Waals surface area contributed by atoms with Crippen molar-refractivity contribution in [3.8, 4) is 5.75 Å². The number of halogens is 1. The van der Waals surface area contributed by atoms with Gasteiger partial charge < -0.3 is 14.8 Å². The number of benzene rings is 2. The number of nitrogens with zero attached hydrogens (tertiary/aromatic N) is 1. The summed E-state index contributed by atoms with van der Waals surface area (Å²) in [5.74, 6) is -1.88. The van der Waals surface area contributed by atoms with Crippen LogP contribution in [0.3, 0.4) is 0 Å². The van der Waals surface area contributed by atoms with Crippen LogP contribution in [0.2, 0.25) is 0 Å². The highest BCUT2D eigenvalue weighted by Gasteiger charge is 2.27. The third-order valence-corrected chi connectivity index (χ3v) is 5.68. The molecular formula is C19H21FN2O6S. The number of rotatable bonds is 8. The van der Waals surface area contributed by atoms with E-state index in [4.69, 9.17) is 9.47 Å². The van der Waals surface area contributed by atoms with Gasteiger partial charge in [0.15, 0.2) is 0 Å². The monoisotopic (exact) mass is 424 g/mol. The van der Waals surface area contributed by atoms with E-state index in [0.717, 1.165) is 16.4 Å². The Bertz CT molecular complexity index is 992. The summed E-state index contributed by atoms with van der Waals surface area (Å²) in [4.78, 5) is 23.5. The van der Waals surface area contributed by atoms with Gasteiger partial charge in [-0.2, -0.15) is 4.31 Å². The number of hydrogen-bond acceptors (Lipinski definition) is 6. The zero-order chi connectivity index (χ0) is 21.6. The van der Waals surface area contributed by atoms with E-state index in [1.54, 1.807) is 6.92 Å². The molecule has 0 heterocycles. The molecule has 0 aliphatic rings. The number of sulfonamides is 1. The molecule has 0 radical (unpaired) electrons. The van der Waals surface area contributed by atoms with Gasteiger partial charge in [-0.1, -0.05) is 0 Å². The summed E-state index contributed by atoms with van der Waals surface area (Å²) in [5, 5.41) is 2.53. The van der Waals surface area contributed by atoms with Crippen LogP contribution in [0.4, 0.5) is 10.1 Å². The van der Waals surface area contributed by atoms with Gasteiger partial charge >= 0.3 is 5.97 Å². The standard InChI is InChI=1S/C19H21FN2O6S/c1-4-28-19(24)13-5-8-15(9-6-13)21-18(23)12-22(2)29(25,26)17-11-14(20)7-10-16(17)27-3/h5-11H,4,12H2,1-3H3,(H,21,23). The number of likely N-dealkylation sites (N-methyl/N-ethyl adjacent to an activating group) is 1. The van der Waals surface area contributed by atoms with Crippen LogP contribution in [0, 0.1) is 5.82 Å². The number of esters is 1. The minimum Gasteiger partial charge on any atom is -0.495 e. The van der Waals surface area contributed by atoms with Crippen molar-refractivity contribution in [3.63, 3.8) is 0 Å². The lowest BCUT2D eigenvalue weighted by atomic mass is 10.2. The molecule has 0 bridgehead atoms. The first-order chi connectivity index (χ1) is 13.7. The predicted octanol–water partition coefficient (Wildman–Crippen LogP) is 2.27. The van der Waals surface area contributed by atoms with Gasteiger partial charge in [0, 0.05) is 12.7 Å². The van der Waals surface area contributed by atoms with Crippen LogP contribution in [0.15, 0.2) is 47.4 Å². The van der Waals surface area contributed by atoms with Crippen molar-refractivity contribution in [3.05, 3.63) is 53.8 Å². The lowest BCUT2D eigenvalue weighted by Crippen LogP contribution is -2.35. The molecule has 2 aromatic rings. The molecule has 0 aliphatic heterocycles. The van der Waals surface area contributed by atoms with Crippen molar-refractivity contribution in [1.29, 1.82) is 0 Å². The molecular weight excluding hydrogens is 403 g/mol. The molecule has 156 valence electrons. The Morgan fingerprint density at radius 3 is 2.38 bits per heavy atom. The quantitative estimate of drug-likeness (QED) is 0.653.